The monoisotopic (exact) mass is 216 g/mol. The van der Waals surface area contributed by atoms with Gasteiger partial charge >= 0.3 is 0 Å². The van der Waals surface area contributed by atoms with E-state index in [0.29, 0.717) is 6.61 Å². The van der Waals surface area contributed by atoms with Gasteiger partial charge in [0.25, 0.3) is 0 Å². The first-order valence-electron chi connectivity index (χ1n) is 5.84. The van der Waals surface area contributed by atoms with Crippen molar-refractivity contribution in [2.75, 3.05) is 6.61 Å². The molecule has 1 aromatic carbocycles. The summed E-state index contributed by atoms with van der Waals surface area (Å²) in [6.45, 7) is 4.85. The third kappa shape index (κ3) is 1.37. The van der Waals surface area contributed by atoms with E-state index in [4.69, 9.17) is 9.47 Å². The lowest BCUT2D eigenvalue weighted by atomic mass is 9.89. The molecular weight excluding hydrogens is 200 g/mol. The maximum Gasteiger partial charge on any atom is 0.119 e. The second-order valence-electron chi connectivity index (χ2n) is 4.58. The largest absolute Gasteiger partial charge is 0.494 e. The Morgan fingerprint density at radius 3 is 3.19 bits per heavy atom. The van der Waals surface area contributed by atoms with Crippen molar-refractivity contribution < 1.29 is 9.47 Å². The summed E-state index contributed by atoms with van der Waals surface area (Å²) in [5.74, 6) is 0.964. The zero-order valence-electron chi connectivity index (χ0n) is 9.69. The first-order chi connectivity index (χ1) is 7.71. The third-order valence-corrected chi connectivity index (χ3v) is 3.37. The van der Waals surface area contributed by atoms with Crippen LogP contribution in [0.5, 0.6) is 5.75 Å². The molecule has 2 atom stereocenters. The lowest BCUT2D eigenvalue weighted by molar-refractivity contribution is -0.0263. The highest BCUT2D eigenvalue weighted by atomic mass is 16.5. The predicted molar refractivity (Wildman–Crippen MR) is 62.7 cm³/mol. The van der Waals surface area contributed by atoms with Gasteiger partial charge in [0.1, 0.15) is 11.4 Å². The molecular formula is C14H16O2. The molecule has 2 bridgehead atoms. The van der Waals surface area contributed by atoms with Crippen LogP contribution >= 0.6 is 0 Å². The minimum absolute atomic E-state index is 0.219. The molecule has 2 aliphatic rings. The summed E-state index contributed by atoms with van der Waals surface area (Å²) in [5, 5.41) is 0. The molecule has 0 aliphatic carbocycles. The second-order valence-corrected chi connectivity index (χ2v) is 4.58. The molecule has 2 heteroatoms. The lowest BCUT2D eigenvalue weighted by Crippen LogP contribution is -2.30. The van der Waals surface area contributed by atoms with E-state index in [9.17, 15) is 0 Å². The summed E-state index contributed by atoms with van der Waals surface area (Å²) in [4.78, 5) is 0. The van der Waals surface area contributed by atoms with Gasteiger partial charge in [0.2, 0.25) is 0 Å². The number of ether oxygens (including phenoxy) is 2. The Morgan fingerprint density at radius 2 is 2.38 bits per heavy atom. The van der Waals surface area contributed by atoms with Gasteiger partial charge in [-0.3, -0.25) is 0 Å². The van der Waals surface area contributed by atoms with E-state index in [-0.39, 0.29) is 11.7 Å². The molecule has 0 fully saturated rings. The van der Waals surface area contributed by atoms with Crippen LogP contribution in [0.4, 0.5) is 0 Å². The van der Waals surface area contributed by atoms with Crippen molar-refractivity contribution in [1.29, 1.82) is 0 Å². The zero-order chi connectivity index (χ0) is 11.2. The van der Waals surface area contributed by atoms with Gasteiger partial charge in [-0.25, -0.2) is 0 Å². The molecule has 0 radical (unpaired) electrons. The zero-order valence-corrected chi connectivity index (χ0v) is 9.69. The minimum atomic E-state index is -0.219. The molecule has 84 valence electrons. The van der Waals surface area contributed by atoms with E-state index in [1.54, 1.807) is 0 Å². The quantitative estimate of drug-likeness (QED) is 0.708. The average molecular weight is 216 g/mol. The number of hydrogen-bond acceptors (Lipinski definition) is 2. The van der Waals surface area contributed by atoms with Crippen molar-refractivity contribution in [2.24, 2.45) is 0 Å². The molecule has 0 aromatic heterocycles. The molecule has 2 nitrogen and oxygen atoms in total. The Bertz CT molecular complexity index is 450. The summed E-state index contributed by atoms with van der Waals surface area (Å²) < 4.78 is 11.5. The standard InChI is InChI=1S/C14H16O2/c1-3-15-11-4-5-13-10(8-11)9-12-6-7-14(13,2)16-12/h4-8,12H,3,9H2,1-2H3/t12-,14+/m1/s1. The van der Waals surface area contributed by atoms with Crippen LogP contribution in [0, 0.1) is 0 Å². The number of benzene rings is 1. The summed E-state index contributed by atoms with van der Waals surface area (Å²) in [6.07, 6.45) is 5.54. The van der Waals surface area contributed by atoms with Crippen molar-refractivity contribution in [3.05, 3.63) is 41.5 Å². The molecule has 0 saturated heterocycles. The molecule has 0 saturated carbocycles. The summed E-state index contributed by atoms with van der Waals surface area (Å²) in [5.41, 5.74) is 2.42. The highest BCUT2D eigenvalue weighted by molar-refractivity contribution is 5.45. The van der Waals surface area contributed by atoms with Gasteiger partial charge in [-0.2, -0.15) is 0 Å². The van der Waals surface area contributed by atoms with Crippen LogP contribution in [-0.2, 0) is 16.8 Å². The van der Waals surface area contributed by atoms with Crippen LogP contribution in [0.2, 0.25) is 0 Å². The Morgan fingerprint density at radius 1 is 1.50 bits per heavy atom. The normalized spacial score (nSPS) is 30.2. The Hall–Kier alpha value is -1.28. The average Bonchev–Trinajstić information content (AvgIpc) is 2.56. The highest BCUT2D eigenvalue weighted by Gasteiger charge is 2.38. The highest BCUT2D eigenvalue weighted by Crippen LogP contribution is 2.42. The Balaban J connectivity index is 2.04. The summed E-state index contributed by atoms with van der Waals surface area (Å²) in [6, 6.07) is 6.31. The third-order valence-electron chi connectivity index (χ3n) is 3.37. The van der Waals surface area contributed by atoms with E-state index in [2.05, 4.69) is 31.2 Å². The maximum atomic E-state index is 5.96. The van der Waals surface area contributed by atoms with Crippen molar-refractivity contribution >= 4 is 0 Å². The van der Waals surface area contributed by atoms with Gasteiger partial charge in [0.15, 0.2) is 0 Å². The lowest BCUT2D eigenvalue weighted by Gasteiger charge is -2.32. The number of fused-ring (bicyclic) bond motifs is 4. The number of hydrogen-bond donors (Lipinski definition) is 0. The first kappa shape index (κ1) is 9.91. The minimum Gasteiger partial charge on any atom is -0.494 e. The van der Waals surface area contributed by atoms with Gasteiger partial charge in [0, 0.05) is 6.42 Å². The van der Waals surface area contributed by atoms with E-state index in [1.807, 2.05) is 13.0 Å². The van der Waals surface area contributed by atoms with Gasteiger partial charge in [-0.1, -0.05) is 18.2 Å². The fourth-order valence-corrected chi connectivity index (χ4v) is 2.64. The van der Waals surface area contributed by atoms with Crippen LogP contribution in [0.15, 0.2) is 30.4 Å². The van der Waals surface area contributed by atoms with Crippen molar-refractivity contribution in [1.82, 2.24) is 0 Å². The molecule has 0 N–H and O–H groups in total. The summed E-state index contributed by atoms with van der Waals surface area (Å²) >= 11 is 0. The van der Waals surface area contributed by atoms with Crippen LogP contribution in [0.25, 0.3) is 0 Å². The van der Waals surface area contributed by atoms with Gasteiger partial charge in [-0.05, 0) is 37.1 Å². The van der Waals surface area contributed by atoms with Crippen LogP contribution in [0.3, 0.4) is 0 Å². The topological polar surface area (TPSA) is 18.5 Å². The second kappa shape index (κ2) is 3.36. The summed E-state index contributed by atoms with van der Waals surface area (Å²) in [7, 11) is 0. The first-order valence-corrected chi connectivity index (χ1v) is 5.84. The molecule has 16 heavy (non-hydrogen) atoms. The molecule has 2 aliphatic heterocycles. The van der Waals surface area contributed by atoms with Crippen molar-refractivity contribution in [3.8, 4) is 5.75 Å². The molecule has 0 unspecified atom stereocenters. The van der Waals surface area contributed by atoms with E-state index in [0.717, 1.165) is 12.2 Å². The number of rotatable bonds is 2. The molecule has 3 rings (SSSR count). The van der Waals surface area contributed by atoms with Crippen LogP contribution in [-0.4, -0.2) is 12.7 Å². The van der Waals surface area contributed by atoms with E-state index in [1.165, 1.54) is 11.1 Å². The molecule has 0 amide bonds. The Labute approximate surface area is 95.9 Å². The molecule has 0 spiro atoms. The smallest absolute Gasteiger partial charge is 0.119 e. The SMILES string of the molecule is CCOc1ccc2c(c1)C[C@H]1C=C[C@]2(C)O1. The maximum absolute atomic E-state index is 5.96. The van der Waals surface area contributed by atoms with Crippen molar-refractivity contribution in [3.63, 3.8) is 0 Å². The predicted octanol–water partition coefficient (Wildman–Crippen LogP) is 2.81. The fourth-order valence-electron chi connectivity index (χ4n) is 2.64. The molecule has 2 heterocycles. The molecule has 1 aromatic rings. The van der Waals surface area contributed by atoms with Gasteiger partial charge in [-0.15, -0.1) is 0 Å². The van der Waals surface area contributed by atoms with Crippen molar-refractivity contribution in [2.45, 2.75) is 32.0 Å². The van der Waals surface area contributed by atoms with Gasteiger partial charge < -0.3 is 9.47 Å². The van der Waals surface area contributed by atoms with E-state index >= 15 is 0 Å². The Kier molecular flexibility index (Phi) is 2.08. The van der Waals surface area contributed by atoms with Gasteiger partial charge in [0.05, 0.1) is 12.7 Å². The van der Waals surface area contributed by atoms with Crippen LogP contribution < -0.4 is 4.74 Å². The van der Waals surface area contributed by atoms with E-state index < -0.39 is 0 Å². The fraction of sp³-hybridized carbons (Fsp3) is 0.429. The van der Waals surface area contributed by atoms with Crippen LogP contribution in [0.1, 0.15) is 25.0 Å².